The first-order valence-electron chi connectivity index (χ1n) is 5.34. The van der Waals surface area contributed by atoms with E-state index in [9.17, 15) is 0 Å². The van der Waals surface area contributed by atoms with Gasteiger partial charge in [0.1, 0.15) is 0 Å². The van der Waals surface area contributed by atoms with E-state index in [0.29, 0.717) is 12.5 Å². The van der Waals surface area contributed by atoms with Gasteiger partial charge in [-0.05, 0) is 19.3 Å². The molecule has 0 bridgehead atoms. The monoisotopic (exact) mass is 187 g/mol. The van der Waals surface area contributed by atoms with E-state index >= 15 is 0 Å². The number of aliphatic hydroxyl groups is 2. The van der Waals surface area contributed by atoms with E-state index < -0.39 is 0 Å². The Hall–Kier alpha value is -0.120. The number of hydrogen-bond acceptors (Lipinski definition) is 3. The van der Waals surface area contributed by atoms with Crippen LogP contribution in [0.1, 0.15) is 38.5 Å². The lowest BCUT2D eigenvalue weighted by Crippen LogP contribution is -2.42. The maximum absolute atomic E-state index is 9.01. The number of hydrogen-bond donors (Lipinski definition) is 3. The van der Waals surface area contributed by atoms with Crippen molar-refractivity contribution in [3.8, 4) is 0 Å². The molecule has 0 heterocycles. The fourth-order valence-electron chi connectivity index (χ4n) is 1.99. The first-order valence-corrected chi connectivity index (χ1v) is 5.34. The van der Waals surface area contributed by atoms with Crippen molar-refractivity contribution in [1.29, 1.82) is 0 Å². The minimum Gasteiger partial charge on any atom is -0.396 e. The van der Waals surface area contributed by atoms with Crippen molar-refractivity contribution in [3.05, 3.63) is 0 Å². The van der Waals surface area contributed by atoms with Crippen molar-refractivity contribution in [3.63, 3.8) is 0 Å². The Morgan fingerprint density at radius 3 is 2.38 bits per heavy atom. The second-order valence-electron chi connectivity index (χ2n) is 3.89. The van der Waals surface area contributed by atoms with Gasteiger partial charge in [-0.3, -0.25) is 0 Å². The lowest BCUT2D eigenvalue weighted by Gasteiger charge is -2.27. The Labute approximate surface area is 80.2 Å². The molecule has 0 saturated heterocycles. The average Bonchev–Trinajstić information content (AvgIpc) is 2.19. The summed E-state index contributed by atoms with van der Waals surface area (Å²) in [6.45, 7) is 0.294. The number of aliphatic hydroxyl groups excluding tert-OH is 2. The first kappa shape index (κ1) is 11.0. The summed E-state index contributed by atoms with van der Waals surface area (Å²) in [5.74, 6) is 0. The first-order chi connectivity index (χ1) is 6.36. The Balaban J connectivity index is 2.18. The Morgan fingerprint density at radius 1 is 1.15 bits per heavy atom. The SMILES string of the molecule is OCCC(CO)NC1CCCCC1. The smallest absolute Gasteiger partial charge is 0.0585 e. The molecule has 0 aromatic carbocycles. The Morgan fingerprint density at radius 2 is 1.85 bits per heavy atom. The summed E-state index contributed by atoms with van der Waals surface area (Å²) in [6.07, 6.45) is 7.06. The van der Waals surface area contributed by atoms with Crippen molar-refractivity contribution < 1.29 is 10.2 Å². The predicted molar refractivity (Wildman–Crippen MR) is 52.6 cm³/mol. The molecular formula is C10H21NO2. The van der Waals surface area contributed by atoms with Crippen LogP contribution in [0.15, 0.2) is 0 Å². The van der Waals surface area contributed by atoms with Gasteiger partial charge in [0, 0.05) is 18.7 Å². The molecule has 1 aliphatic rings. The molecule has 78 valence electrons. The van der Waals surface area contributed by atoms with Crippen molar-refractivity contribution >= 4 is 0 Å². The summed E-state index contributed by atoms with van der Waals surface area (Å²) in [7, 11) is 0. The third kappa shape index (κ3) is 4.07. The molecule has 0 amide bonds. The molecule has 0 spiro atoms. The zero-order chi connectivity index (χ0) is 9.52. The van der Waals surface area contributed by atoms with Gasteiger partial charge in [0.05, 0.1) is 6.61 Å². The fraction of sp³-hybridized carbons (Fsp3) is 1.00. The van der Waals surface area contributed by atoms with E-state index in [1.165, 1.54) is 32.1 Å². The largest absolute Gasteiger partial charge is 0.396 e. The van der Waals surface area contributed by atoms with Crippen LogP contribution in [0, 0.1) is 0 Å². The van der Waals surface area contributed by atoms with Gasteiger partial charge in [0.15, 0.2) is 0 Å². The van der Waals surface area contributed by atoms with Gasteiger partial charge >= 0.3 is 0 Å². The molecule has 0 radical (unpaired) electrons. The molecule has 1 saturated carbocycles. The predicted octanol–water partition coefficient (Wildman–Crippen LogP) is 0.652. The van der Waals surface area contributed by atoms with Crippen LogP contribution in [0.4, 0.5) is 0 Å². The third-order valence-electron chi connectivity index (χ3n) is 2.77. The highest BCUT2D eigenvalue weighted by Gasteiger charge is 2.16. The molecule has 3 heteroatoms. The van der Waals surface area contributed by atoms with Crippen molar-refractivity contribution in [1.82, 2.24) is 5.32 Å². The normalized spacial score (nSPS) is 21.7. The van der Waals surface area contributed by atoms with E-state index in [2.05, 4.69) is 5.32 Å². The highest BCUT2D eigenvalue weighted by Crippen LogP contribution is 2.17. The van der Waals surface area contributed by atoms with Gasteiger partial charge < -0.3 is 15.5 Å². The zero-order valence-corrected chi connectivity index (χ0v) is 8.21. The van der Waals surface area contributed by atoms with E-state index in [-0.39, 0.29) is 19.3 Å². The van der Waals surface area contributed by atoms with Gasteiger partial charge in [0.2, 0.25) is 0 Å². The molecule has 0 aromatic heterocycles. The summed E-state index contributed by atoms with van der Waals surface area (Å²) in [5.41, 5.74) is 0. The van der Waals surface area contributed by atoms with E-state index in [0.717, 1.165) is 0 Å². The van der Waals surface area contributed by atoms with E-state index in [1.54, 1.807) is 0 Å². The quantitative estimate of drug-likeness (QED) is 0.592. The Kier molecular flexibility index (Phi) is 5.35. The summed E-state index contributed by atoms with van der Waals surface area (Å²) in [4.78, 5) is 0. The molecular weight excluding hydrogens is 166 g/mol. The summed E-state index contributed by atoms with van der Waals surface area (Å²) >= 11 is 0. The number of rotatable bonds is 5. The molecule has 0 aliphatic heterocycles. The maximum atomic E-state index is 9.01. The minimum absolute atomic E-state index is 0.0908. The molecule has 0 aromatic rings. The summed E-state index contributed by atoms with van der Waals surface area (Å²) in [6, 6.07) is 0.658. The zero-order valence-electron chi connectivity index (χ0n) is 8.21. The molecule has 1 fully saturated rings. The maximum Gasteiger partial charge on any atom is 0.0585 e. The van der Waals surface area contributed by atoms with Crippen LogP contribution in [-0.2, 0) is 0 Å². The average molecular weight is 187 g/mol. The lowest BCUT2D eigenvalue weighted by molar-refractivity contribution is 0.183. The summed E-state index contributed by atoms with van der Waals surface area (Å²) < 4.78 is 0. The third-order valence-corrected chi connectivity index (χ3v) is 2.77. The van der Waals surface area contributed by atoms with Gasteiger partial charge in [-0.1, -0.05) is 19.3 Å². The standard InChI is InChI=1S/C10H21NO2/c12-7-6-10(8-13)11-9-4-2-1-3-5-9/h9-13H,1-8H2. The minimum atomic E-state index is 0.0908. The summed E-state index contributed by atoms with van der Waals surface area (Å²) in [5, 5.41) is 21.2. The van der Waals surface area contributed by atoms with Crippen LogP contribution in [0.5, 0.6) is 0 Å². The van der Waals surface area contributed by atoms with Crippen molar-refractivity contribution in [2.24, 2.45) is 0 Å². The highest BCUT2D eigenvalue weighted by molar-refractivity contribution is 4.76. The van der Waals surface area contributed by atoms with Crippen LogP contribution < -0.4 is 5.32 Å². The van der Waals surface area contributed by atoms with Gasteiger partial charge in [-0.15, -0.1) is 0 Å². The van der Waals surface area contributed by atoms with Gasteiger partial charge in [-0.25, -0.2) is 0 Å². The van der Waals surface area contributed by atoms with Crippen LogP contribution in [-0.4, -0.2) is 35.5 Å². The van der Waals surface area contributed by atoms with Crippen molar-refractivity contribution in [2.75, 3.05) is 13.2 Å². The van der Waals surface area contributed by atoms with Gasteiger partial charge in [0.25, 0.3) is 0 Å². The molecule has 1 aliphatic carbocycles. The van der Waals surface area contributed by atoms with Crippen LogP contribution >= 0.6 is 0 Å². The molecule has 1 rings (SSSR count). The van der Waals surface area contributed by atoms with E-state index in [1.807, 2.05) is 0 Å². The van der Waals surface area contributed by atoms with E-state index in [4.69, 9.17) is 10.2 Å². The number of nitrogens with one attached hydrogen (secondary N) is 1. The fourth-order valence-corrected chi connectivity index (χ4v) is 1.99. The molecule has 1 atom stereocenters. The second kappa shape index (κ2) is 6.35. The Bertz CT molecular complexity index is 121. The van der Waals surface area contributed by atoms with Crippen LogP contribution in [0.3, 0.4) is 0 Å². The van der Waals surface area contributed by atoms with Gasteiger partial charge in [-0.2, -0.15) is 0 Å². The van der Waals surface area contributed by atoms with Crippen LogP contribution in [0.2, 0.25) is 0 Å². The second-order valence-corrected chi connectivity index (χ2v) is 3.89. The van der Waals surface area contributed by atoms with Crippen molar-refractivity contribution in [2.45, 2.75) is 50.6 Å². The topological polar surface area (TPSA) is 52.5 Å². The molecule has 3 N–H and O–H groups in total. The molecule has 1 unspecified atom stereocenters. The lowest BCUT2D eigenvalue weighted by atomic mass is 9.94. The van der Waals surface area contributed by atoms with Crippen LogP contribution in [0.25, 0.3) is 0 Å². The highest BCUT2D eigenvalue weighted by atomic mass is 16.3. The molecule has 3 nitrogen and oxygen atoms in total. The molecule has 13 heavy (non-hydrogen) atoms.